The van der Waals surface area contributed by atoms with Gasteiger partial charge in [-0.05, 0) is 43.9 Å². The molecule has 0 saturated carbocycles. The van der Waals surface area contributed by atoms with Crippen molar-refractivity contribution in [3.05, 3.63) is 29.8 Å². The molecule has 0 heterocycles. The van der Waals surface area contributed by atoms with E-state index in [-0.39, 0.29) is 4.90 Å². The Hall–Kier alpha value is -1.40. The summed E-state index contributed by atoms with van der Waals surface area (Å²) in [5.41, 5.74) is -0.488. The number of benzene rings is 1. The summed E-state index contributed by atoms with van der Waals surface area (Å²) >= 11 is 0. The molecule has 1 atom stereocenters. The summed E-state index contributed by atoms with van der Waals surface area (Å²) in [6.07, 6.45) is 0.969. The lowest BCUT2D eigenvalue weighted by Gasteiger charge is -2.21. The van der Waals surface area contributed by atoms with Crippen LogP contribution in [-0.4, -0.2) is 25.0 Å². The van der Waals surface area contributed by atoms with Gasteiger partial charge < -0.3 is 5.11 Å². The number of nitrogens with one attached hydrogen (secondary N) is 1. The van der Waals surface area contributed by atoms with E-state index in [9.17, 15) is 13.2 Å². The molecule has 112 valence electrons. The molecule has 1 aromatic carbocycles. The Kier molecular flexibility index (Phi) is 4.94. The zero-order valence-corrected chi connectivity index (χ0v) is 13.0. The molecule has 0 aromatic heterocycles. The molecule has 0 aliphatic heterocycles. The van der Waals surface area contributed by atoms with Gasteiger partial charge in [-0.25, -0.2) is 8.42 Å². The Morgan fingerprint density at radius 3 is 2.20 bits per heavy atom. The van der Waals surface area contributed by atoms with Gasteiger partial charge in [-0.3, -0.25) is 4.79 Å². The quantitative estimate of drug-likeness (QED) is 0.844. The second-order valence-corrected chi connectivity index (χ2v) is 7.10. The van der Waals surface area contributed by atoms with Gasteiger partial charge in [-0.15, -0.1) is 0 Å². The average molecular weight is 299 g/mol. The van der Waals surface area contributed by atoms with Crippen molar-refractivity contribution in [2.75, 3.05) is 0 Å². The molecule has 0 bridgehead atoms. The molecule has 2 N–H and O–H groups in total. The van der Waals surface area contributed by atoms with Crippen LogP contribution < -0.4 is 4.72 Å². The molecule has 5 nitrogen and oxygen atoms in total. The number of aliphatic carboxylic acids is 1. The molecular formula is C14H21NO4S. The summed E-state index contributed by atoms with van der Waals surface area (Å²) in [4.78, 5) is 11.1. The molecule has 0 fully saturated rings. The molecule has 20 heavy (non-hydrogen) atoms. The van der Waals surface area contributed by atoms with Crippen LogP contribution in [0.25, 0.3) is 0 Å². The highest BCUT2D eigenvalue weighted by atomic mass is 32.2. The van der Waals surface area contributed by atoms with Gasteiger partial charge in [0.2, 0.25) is 10.0 Å². The Bertz CT molecular complexity index is 576. The van der Waals surface area contributed by atoms with Gasteiger partial charge in [0.05, 0.1) is 4.90 Å². The van der Waals surface area contributed by atoms with Crippen LogP contribution in [0.15, 0.2) is 29.2 Å². The lowest BCUT2D eigenvalue weighted by Crippen LogP contribution is -2.49. The topological polar surface area (TPSA) is 83.5 Å². The molecule has 1 rings (SSSR count). The van der Waals surface area contributed by atoms with Crippen molar-refractivity contribution in [1.29, 1.82) is 0 Å². The molecule has 1 unspecified atom stereocenters. The van der Waals surface area contributed by atoms with Crippen LogP contribution in [0.3, 0.4) is 0 Å². The van der Waals surface area contributed by atoms with Crippen LogP contribution in [0.2, 0.25) is 0 Å². The van der Waals surface area contributed by atoms with Crippen LogP contribution in [0, 0.1) is 0 Å². The number of rotatable bonds is 6. The first-order chi connectivity index (χ1) is 9.10. The number of carboxylic acid groups (broad SMARTS) is 1. The maximum Gasteiger partial charge on any atom is 0.324 e. The number of sulfonamides is 1. The third-order valence-corrected chi connectivity index (χ3v) is 4.97. The Morgan fingerprint density at radius 1 is 1.30 bits per heavy atom. The van der Waals surface area contributed by atoms with Crippen molar-refractivity contribution in [2.45, 2.75) is 50.5 Å². The van der Waals surface area contributed by atoms with Crippen molar-refractivity contribution in [2.24, 2.45) is 0 Å². The Balaban J connectivity index is 3.02. The predicted octanol–water partition coefficient (Wildman–Crippen LogP) is 2.34. The lowest BCUT2D eigenvalue weighted by molar-refractivity contribution is -0.142. The van der Waals surface area contributed by atoms with Crippen molar-refractivity contribution in [3.63, 3.8) is 0 Å². The fourth-order valence-electron chi connectivity index (χ4n) is 1.65. The first-order valence-electron chi connectivity index (χ1n) is 6.47. The van der Waals surface area contributed by atoms with E-state index in [1.165, 1.54) is 26.0 Å². The molecule has 1 aromatic rings. The number of hydrogen-bond acceptors (Lipinski definition) is 3. The second kappa shape index (κ2) is 5.93. The minimum atomic E-state index is -3.84. The highest BCUT2D eigenvalue weighted by Gasteiger charge is 2.32. The molecule has 0 aliphatic carbocycles. The van der Waals surface area contributed by atoms with E-state index in [4.69, 9.17) is 5.11 Å². The van der Waals surface area contributed by atoms with Gasteiger partial charge in [0, 0.05) is 0 Å². The van der Waals surface area contributed by atoms with Crippen molar-refractivity contribution < 1.29 is 18.3 Å². The van der Waals surface area contributed by atoms with Crippen molar-refractivity contribution in [1.82, 2.24) is 4.72 Å². The highest BCUT2D eigenvalue weighted by Crippen LogP contribution is 2.21. The van der Waals surface area contributed by atoms with Gasteiger partial charge in [0.15, 0.2) is 0 Å². The summed E-state index contributed by atoms with van der Waals surface area (Å²) in [6.45, 7) is 6.74. The minimum absolute atomic E-state index is 0.0684. The van der Waals surface area contributed by atoms with E-state index < -0.39 is 21.5 Å². The average Bonchev–Trinajstić information content (AvgIpc) is 2.36. The van der Waals surface area contributed by atoms with Crippen LogP contribution in [0.5, 0.6) is 0 Å². The summed E-state index contributed by atoms with van der Waals surface area (Å²) in [5.74, 6) is -0.868. The van der Waals surface area contributed by atoms with Gasteiger partial charge in [0.1, 0.15) is 5.54 Å². The normalized spacial score (nSPS) is 14.0. The van der Waals surface area contributed by atoms with Gasteiger partial charge in [-0.2, -0.15) is 4.72 Å². The third-order valence-electron chi connectivity index (χ3n) is 3.30. The second-order valence-electron chi connectivity index (χ2n) is 5.41. The van der Waals surface area contributed by atoms with Crippen LogP contribution in [-0.2, 0) is 14.8 Å². The number of carbonyl (C=O) groups is 1. The summed E-state index contributed by atoms with van der Waals surface area (Å²) in [5, 5.41) is 8.97. The Morgan fingerprint density at radius 2 is 1.80 bits per heavy atom. The monoisotopic (exact) mass is 299 g/mol. The van der Waals surface area contributed by atoms with Crippen LogP contribution in [0.4, 0.5) is 0 Å². The minimum Gasteiger partial charge on any atom is -0.480 e. The maximum atomic E-state index is 12.1. The number of carboxylic acids is 1. The van der Waals surface area contributed by atoms with E-state index in [0.29, 0.717) is 5.92 Å². The smallest absolute Gasteiger partial charge is 0.324 e. The van der Waals surface area contributed by atoms with Crippen LogP contribution in [0.1, 0.15) is 45.6 Å². The largest absolute Gasteiger partial charge is 0.480 e. The standard InChI is InChI=1S/C14H21NO4S/c1-5-10(2)11-6-8-12(9-7-11)20(18,19)15-14(3,4)13(16)17/h6-10,15H,5H2,1-4H3,(H,16,17). The van der Waals surface area contributed by atoms with Gasteiger partial charge in [-0.1, -0.05) is 26.0 Å². The van der Waals surface area contributed by atoms with E-state index in [2.05, 4.69) is 18.6 Å². The van der Waals surface area contributed by atoms with Gasteiger partial charge >= 0.3 is 5.97 Å². The van der Waals surface area contributed by atoms with E-state index in [1.807, 2.05) is 0 Å². The molecule has 0 spiro atoms. The molecule has 6 heteroatoms. The first-order valence-corrected chi connectivity index (χ1v) is 7.96. The lowest BCUT2D eigenvalue weighted by atomic mass is 9.99. The molecule has 0 amide bonds. The summed E-state index contributed by atoms with van der Waals surface area (Å²) in [6, 6.07) is 6.52. The van der Waals surface area contributed by atoms with Gasteiger partial charge in [0.25, 0.3) is 0 Å². The van der Waals surface area contributed by atoms with Crippen LogP contribution >= 0.6 is 0 Å². The summed E-state index contributed by atoms with van der Waals surface area (Å²) in [7, 11) is -3.84. The van der Waals surface area contributed by atoms with Crippen molar-refractivity contribution in [3.8, 4) is 0 Å². The zero-order valence-electron chi connectivity index (χ0n) is 12.2. The highest BCUT2D eigenvalue weighted by molar-refractivity contribution is 7.89. The fraction of sp³-hybridized carbons (Fsp3) is 0.500. The first kappa shape index (κ1) is 16.7. The third kappa shape index (κ3) is 3.80. The zero-order chi connectivity index (χ0) is 15.6. The molecular weight excluding hydrogens is 278 g/mol. The fourth-order valence-corrected chi connectivity index (χ4v) is 3.02. The number of hydrogen-bond donors (Lipinski definition) is 2. The van der Waals surface area contributed by atoms with Crippen molar-refractivity contribution >= 4 is 16.0 Å². The molecule has 0 aliphatic rings. The van der Waals surface area contributed by atoms with E-state index >= 15 is 0 Å². The molecule has 0 saturated heterocycles. The summed E-state index contributed by atoms with van der Waals surface area (Å²) < 4.78 is 26.4. The Labute approximate surface area is 120 Å². The van der Waals surface area contributed by atoms with E-state index in [0.717, 1.165) is 12.0 Å². The SMILES string of the molecule is CCC(C)c1ccc(S(=O)(=O)NC(C)(C)C(=O)O)cc1. The maximum absolute atomic E-state index is 12.1. The molecule has 0 radical (unpaired) electrons. The van der Waals surface area contributed by atoms with E-state index in [1.54, 1.807) is 12.1 Å². The predicted molar refractivity (Wildman–Crippen MR) is 77.2 cm³/mol.